The zero-order valence-corrected chi connectivity index (χ0v) is 14.0. The highest BCUT2D eigenvalue weighted by molar-refractivity contribution is 5.83. The summed E-state index contributed by atoms with van der Waals surface area (Å²) in [7, 11) is 4.52. The fraction of sp³-hybridized carbons (Fsp3) is 0.176. The van der Waals surface area contributed by atoms with E-state index in [0.717, 1.165) is 4.73 Å². The number of imidazole rings is 1. The van der Waals surface area contributed by atoms with Gasteiger partial charge in [0.2, 0.25) is 11.4 Å². The lowest BCUT2D eigenvalue weighted by Crippen LogP contribution is -1.99. The van der Waals surface area contributed by atoms with Crippen LogP contribution in [0.1, 0.15) is 0 Å². The molecule has 0 radical (unpaired) electrons. The van der Waals surface area contributed by atoms with Gasteiger partial charge in [-0.3, -0.25) is 0 Å². The van der Waals surface area contributed by atoms with Crippen molar-refractivity contribution in [2.75, 3.05) is 21.3 Å². The first-order valence-corrected chi connectivity index (χ1v) is 7.30. The van der Waals surface area contributed by atoms with Gasteiger partial charge in [0.25, 0.3) is 0 Å². The fourth-order valence-corrected chi connectivity index (χ4v) is 2.60. The number of benzene rings is 2. The van der Waals surface area contributed by atoms with E-state index < -0.39 is 0 Å². The molecule has 8 nitrogen and oxygen atoms in total. The van der Waals surface area contributed by atoms with Crippen molar-refractivity contribution < 1.29 is 24.2 Å². The Morgan fingerprint density at radius 3 is 2.24 bits per heavy atom. The van der Waals surface area contributed by atoms with Gasteiger partial charge < -0.3 is 24.6 Å². The van der Waals surface area contributed by atoms with Crippen molar-refractivity contribution in [3.05, 3.63) is 35.5 Å². The highest BCUT2D eigenvalue weighted by Gasteiger charge is 2.19. The molecule has 0 saturated heterocycles. The third-order valence-corrected chi connectivity index (χ3v) is 3.83. The van der Waals surface area contributed by atoms with Crippen LogP contribution >= 0.6 is 0 Å². The van der Waals surface area contributed by atoms with E-state index >= 15 is 0 Å². The quantitative estimate of drug-likeness (QED) is 0.252. The summed E-state index contributed by atoms with van der Waals surface area (Å²) < 4.78 is 17.3. The maximum absolute atomic E-state index is 11.4. The van der Waals surface area contributed by atoms with Crippen LogP contribution in [0.2, 0.25) is 0 Å². The molecule has 8 heteroatoms. The van der Waals surface area contributed by atoms with Crippen LogP contribution in [0.3, 0.4) is 0 Å². The number of methoxy groups -OCH3 is 3. The molecule has 1 heterocycles. The largest absolute Gasteiger partial charge is 0.619 e. The van der Waals surface area contributed by atoms with Crippen molar-refractivity contribution in [2.24, 2.45) is 0 Å². The van der Waals surface area contributed by atoms with Gasteiger partial charge in [0.15, 0.2) is 17.3 Å². The van der Waals surface area contributed by atoms with Gasteiger partial charge in [-0.05, 0) is 18.2 Å². The number of hydrogen-bond donors (Lipinski definition) is 1. The summed E-state index contributed by atoms with van der Waals surface area (Å²) in [5.41, 5.74) is 1.77. The molecule has 3 aromatic rings. The van der Waals surface area contributed by atoms with Crippen LogP contribution in [0.15, 0.2) is 30.3 Å². The zero-order valence-electron chi connectivity index (χ0n) is 14.0. The molecule has 0 amide bonds. The molecule has 0 atom stereocenters. The molecule has 130 valence electrons. The third kappa shape index (κ3) is 2.67. The van der Waals surface area contributed by atoms with Crippen molar-refractivity contribution in [3.8, 4) is 28.6 Å². The molecule has 1 aromatic heterocycles. The van der Waals surface area contributed by atoms with Crippen LogP contribution in [0.25, 0.3) is 22.4 Å². The molecule has 0 spiro atoms. The molecule has 0 saturated carbocycles. The summed E-state index contributed by atoms with van der Waals surface area (Å²) in [6.07, 6.45) is 0. The van der Waals surface area contributed by atoms with Crippen LogP contribution in [0.4, 0.5) is 5.69 Å². The van der Waals surface area contributed by atoms with Crippen LogP contribution in [-0.4, -0.2) is 47.7 Å². The molecule has 1 N–H and O–H groups in total. The van der Waals surface area contributed by atoms with E-state index in [1.807, 2.05) is 0 Å². The van der Waals surface area contributed by atoms with Crippen molar-refractivity contribution in [1.29, 1.82) is 0 Å². The minimum Gasteiger partial charge on any atom is -0.619 e. The Hall–Kier alpha value is -3.42. The van der Waals surface area contributed by atoms with Crippen LogP contribution in [0, 0.1) is 5.21 Å². The first-order valence-electron chi connectivity index (χ1n) is 7.30. The van der Waals surface area contributed by atoms with Gasteiger partial charge in [0.1, 0.15) is 12.2 Å². The number of aromatic nitrogens is 2. The standard InChI is InChI=1S/C17H17N3O5/c1-19(21)11-5-6-12-13(9-11)20(22)17(18-12)10-7-14(23-2)16(25-4)15(8-10)24-3/h5-9,22H,1H2,2-4H3. The first-order chi connectivity index (χ1) is 12.0. The molecule has 0 unspecified atom stereocenters. The Morgan fingerprint density at radius 1 is 1.08 bits per heavy atom. The predicted octanol–water partition coefficient (Wildman–Crippen LogP) is 2.81. The average Bonchev–Trinajstić information content (AvgIpc) is 2.96. The Morgan fingerprint density at radius 2 is 1.72 bits per heavy atom. The van der Waals surface area contributed by atoms with Crippen molar-refractivity contribution in [1.82, 2.24) is 9.71 Å². The number of ether oxygens (including phenoxy) is 3. The highest BCUT2D eigenvalue weighted by Crippen LogP contribution is 2.41. The van der Waals surface area contributed by atoms with E-state index in [4.69, 9.17) is 14.2 Å². The summed E-state index contributed by atoms with van der Waals surface area (Å²) in [5.74, 6) is 1.59. The molecule has 0 aliphatic carbocycles. The van der Waals surface area contributed by atoms with Gasteiger partial charge >= 0.3 is 0 Å². The van der Waals surface area contributed by atoms with E-state index in [9.17, 15) is 10.4 Å². The Kier molecular flexibility index (Phi) is 4.10. The minimum absolute atomic E-state index is 0.271. The van der Waals surface area contributed by atoms with Crippen LogP contribution in [-0.2, 0) is 0 Å². The topological polar surface area (TPSA) is 91.8 Å². The second-order valence-electron chi connectivity index (χ2n) is 5.21. The number of hydrogen-bond acceptors (Lipinski definition) is 6. The fourth-order valence-electron chi connectivity index (χ4n) is 2.60. The monoisotopic (exact) mass is 343 g/mol. The lowest BCUT2D eigenvalue weighted by Gasteiger charge is -2.13. The van der Waals surface area contributed by atoms with Gasteiger partial charge in [0, 0.05) is 17.7 Å². The molecular formula is C17H17N3O5. The maximum Gasteiger partial charge on any atom is 0.218 e. The zero-order chi connectivity index (χ0) is 18.1. The Balaban J connectivity index is 2.22. The second-order valence-corrected chi connectivity index (χ2v) is 5.21. The van der Waals surface area contributed by atoms with Gasteiger partial charge in [-0.15, -0.1) is 0 Å². The number of rotatable bonds is 5. The normalized spacial score (nSPS) is 10.7. The molecule has 0 aliphatic heterocycles. The SMILES string of the molecule is C=[N+]([O-])c1ccc2nc(-c3cc(OC)c(OC)c(OC)c3)n(O)c2c1. The van der Waals surface area contributed by atoms with Gasteiger partial charge in [-0.25, -0.2) is 4.98 Å². The molecular weight excluding hydrogens is 326 g/mol. The lowest BCUT2D eigenvalue weighted by atomic mass is 10.1. The van der Waals surface area contributed by atoms with E-state index in [1.165, 1.54) is 27.4 Å². The predicted molar refractivity (Wildman–Crippen MR) is 92.4 cm³/mol. The molecule has 25 heavy (non-hydrogen) atoms. The van der Waals surface area contributed by atoms with Gasteiger partial charge in [0.05, 0.1) is 26.8 Å². The summed E-state index contributed by atoms with van der Waals surface area (Å²) in [6.45, 7) is 3.29. The number of nitrogens with zero attached hydrogens (tertiary/aromatic N) is 3. The molecule has 0 aliphatic rings. The van der Waals surface area contributed by atoms with Crippen LogP contribution in [0.5, 0.6) is 17.2 Å². The molecule has 0 fully saturated rings. The van der Waals surface area contributed by atoms with Crippen LogP contribution < -0.4 is 14.2 Å². The number of fused-ring (bicyclic) bond motifs is 1. The first kappa shape index (κ1) is 16.4. The summed E-state index contributed by atoms with van der Waals surface area (Å²) in [4.78, 5) is 4.41. The summed E-state index contributed by atoms with van der Waals surface area (Å²) in [5, 5.41) is 21.9. The maximum atomic E-state index is 11.4. The van der Waals surface area contributed by atoms with Gasteiger partial charge in [-0.2, -0.15) is 9.47 Å². The van der Waals surface area contributed by atoms with E-state index in [1.54, 1.807) is 24.3 Å². The Labute approximate surface area is 143 Å². The second kappa shape index (κ2) is 6.23. The minimum atomic E-state index is 0.271. The van der Waals surface area contributed by atoms with Gasteiger partial charge in [-0.1, -0.05) is 0 Å². The van der Waals surface area contributed by atoms with Crippen molar-refractivity contribution in [3.63, 3.8) is 0 Å². The third-order valence-electron chi connectivity index (χ3n) is 3.83. The molecule has 0 bridgehead atoms. The smallest absolute Gasteiger partial charge is 0.218 e. The van der Waals surface area contributed by atoms with Crippen molar-refractivity contribution >= 4 is 23.4 Å². The van der Waals surface area contributed by atoms with E-state index in [0.29, 0.717) is 44.3 Å². The molecule has 3 rings (SSSR count). The summed E-state index contributed by atoms with van der Waals surface area (Å²) >= 11 is 0. The highest BCUT2D eigenvalue weighted by atomic mass is 16.5. The average molecular weight is 343 g/mol. The lowest BCUT2D eigenvalue weighted by molar-refractivity contribution is -0.349. The summed E-state index contributed by atoms with van der Waals surface area (Å²) in [6, 6.07) is 8.07. The molecule has 2 aromatic carbocycles. The van der Waals surface area contributed by atoms with E-state index in [-0.39, 0.29) is 5.82 Å². The van der Waals surface area contributed by atoms with E-state index in [2.05, 4.69) is 11.7 Å². The van der Waals surface area contributed by atoms with Crippen molar-refractivity contribution in [2.45, 2.75) is 0 Å². The Bertz CT molecular complexity index is 939.